The van der Waals surface area contributed by atoms with E-state index in [-0.39, 0.29) is 17.4 Å². The number of aromatic amines is 1. The number of carbonyl (C=O) groups is 1. The maximum atomic E-state index is 12.6. The third-order valence-corrected chi connectivity index (χ3v) is 5.69. The van der Waals surface area contributed by atoms with Gasteiger partial charge in [0, 0.05) is 19.1 Å². The van der Waals surface area contributed by atoms with E-state index in [1.807, 2.05) is 10.5 Å². The van der Waals surface area contributed by atoms with Gasteiger partial charge < -0.3 is 14.5 Å². The third kappa shape index (κ3) is 2.65. The van der Waals surface area contributed by atoms with Crippen molar-refractivity contribution in [1.29, 1.82) is 0 Å². The molecule has 1 aliphatic carbocycles. The van der Waals surface area contributed by atoms with Gasteiger partial charge in [-0.1, -0.05) is 0 Å². The van der Waals surface area contributed by atoms with Crippen LogP contribution in [-0.4, -0.2) is 40.7 Å². The maximum Gasteiger partial charge on any atom is 0.338 e. The minimum absolute atomic E-state index is 0.205. The number of imidazole rings is 1. The first kappa shape index (κ1) is 16.5. The summed E-state index contributed by atoms with van der Waals surface area (Å²) in [5, 5.41) is 0. The van der Waals surface area contributed by atoms with Crippen LogP contribution >= 0.6 is 0 Å². The average Bonchev–Trinajstić information content (AvgIpc) is 3.45. The number of esters is 1. The Balaban J connectivity index is 1.80. The molecule has 0 atom stereocenters. The van der Waals surface area contributed by atoms with Gasteiger partial charge in [-0.2, -0.15) is 0 Å². The van der Waals surface area contributed by atoms with Crippen molar-refractivity contribution in [2.45, 2.75) is 37.5 Å². The van der Waals surface area contributed by atoms with Crippen LogP contribution in [0.25, 0.3) is 16.6 Å². The molecule has 1 N–H and O–H groups in total. The predicted molar refractivity (Wildman–Crippen MR) is 99.4 cm³/mol. The molecule has 0 amide bonds. The molecule has 1 aliphatic heterocycles. The lowest BCUT2D eigenvalue weighted by atomic mass is 9.99. The Labute approximate surface area is 155 Å². The summed E-state index contributed by atoms with van der Waals surface area (Å²) < 4.78 is 12.4. The van der Waals surface area contributed by atoms with Crippen LogP contribution in [0.1, 0.15) is 59.3 Å². The van der Waals surface area contributed by atoms with Crippen molar-refractivity contribution in [3.05, 3.63) is 45.6 Å². The summed E-state index contributed by atoms with van der Waals surface area (Å²) in [6, 6.07) is 3.79. The molecule has 1 saturated carbocycles. The summed E-state index contributed by atoms with van der Waals surface area (Å²) >= 11 is 0. The van der Waals surface area contributed by atoms with Gasteiger partial charge in [0.1, 0.15) is 11.3 Å². The van der Waals surface area contributed by atoms with E-state index in [0.717, 1.165) is 42.6 Å². The fourth-order valence-corrected chi connectivity index (χ4v) is 4.12. The monoisotopic (exact) mass is 367 g/mol. The standard InChI is InChI=1S/C20H21N3O4/c1-26-20(25)14-8-15-16(9-13(14)11-2-3-11)23-17(19(24)22-15)10-21-18(23)12-4-6-27-7-5-12/h8-12H,2-7H2,1H3,(H,22,24). The number of benzene rings is 1. The first-order chi connectivity index (χ1) is 13.2. The van der Waals surface area contributed by atoms with E-state index in [9.17, 15) is 9.59 Å². The van der Waals surface area contributed by atoms with Gasteiger partial charge in [-0.15, -0.1) is 0 Å². The van der Waals surface area contributed by atoms with Gasteiger partial charge >= 0.3 is 5.97 Å². The number of hydrogen-bond acceptors (Lipinski definition) is 5. The first-order valence-corrected chi connectivity index (χ1v) is 9.40. The quantitative estimate of drug-likeness (QED) is 0.720. The summed E-state index contributed by atoms with van der Waals surface area (Å²) in [6.45, 7) is 1.42. The molecule has 0 bridgehead atoms. The van der Waals surface area contributed by atoms with Crippen molar-refractivity contribution < 1.29 is 14.3 Å². The number of nitrogens with zero attached hydrogens (tertiary/aromatic N) is 2. The second-order valence-corrected chi connectivity index (χ2v) is 7.40. The Bertz CT molecular complexity index is 1100. The summed E-state index contributed by atoms with van der Waals surface area (Å²) in [5.74, 6) is 1.17. The van der Waals surface area contributed by atoms with E-state index in [0.29, 0.717) is 35.7 Å². The van der Waals surface area contributed by atoms with Crippen molar-refractivity contribution in [2.24, 2.45) is 0 Å². The zero-order valence-electron chi connectivity index (χ0n) is 15.2. The number of rotatable bonds is 3. The number of carbonyl (C=O) groups excluding carboxylic acids is 1. The highest BCUT2D eigenvalue weighted by Gasteiger charge is 2.30. The zero-order valence-corrected chi connectivity index (χ0v) is 15.2. The van der Waals surface area contributed by atoms with E-state index in [1.54, 1.807) is 12.3 Å². The van der Waals surface area contributed by atoms with Gasteiger partial charge in [-0.3, -0.25) is 9.20 Å². The van der Waals surface area contributed by atoms with Crippen LogP contribution in [0.15, 0.2) is 23.1 Å². The number of hydrogen-bond donors (Lipinski definition) is 1. The van der Waals surface area contributed by atoms with Crippen LogP contribution < -0.4 is 5.56 Å². The second-order valence-electron chi connectivity index (χ2n) is 7.40. The molecule has 2 fully saturated rings. The highest BCUT2D eigenvalue weighted by molar-refractivity contribution is 5.96. The van der Waals surface area contributed by atoms with E-state index in [2.05, 4.69) is 9.97 Å². The molecule has 1 aromatic carbocycles. The van der Waals surface area contributed by atoms with Gasteiger partial charge in [-0.25, -0.2) is 9.78 Å². The van der Waals surface area contributed by atoms with Crippen LogP contribution in [0.5, 0.6) is 0 Å². The van der Waals surface area contributed by atoms with Gasteiger partial charge in [0.05, 0.1) is 29.9 Å². The normalized spacial score (nSPS) is 18.3. The highest BCUT2D eigenvalue weighted by Crippen LogP contribution is 2.43. The van der Waals surface area contributed by atoms with Crippen LogP contribution in [-0.2, 0) is 9.47 Å². The number of ether oxygens (including phenoxy) is 2. The van der Waals surface area contributed by atoms with Crippen molar-refractivity contribution in [2.75, 3.05) is 20.3 Å². The molecule has 7 heteroatoms. The zero-order chi connectivity index (χ0) is 18.5. The number of methoxy groups -OCH3 is 1. The molecule has 140 valence electrons. The Kier molecular flexibility index (Phi) is 3.79. The van der Waals surface area contributed by atoms with Crippen LogP contribution in [0.4, 0.5) is 0 Å². The van der Waals surface area contributed by atoms with Crippen molar-refractivity contribution in [3.63, 3.8) is 0 Å². The number of H-pyrrole nitrogens is 1. The van der Waals surface area contributed by atoms with Crippen molar-refractivity contribution >= 4 is 22.5 Å². The summed E-state index contributed by atoms with van der Waals surface area (Å²) in [6.07, 6.45) is 5.57. The number of fused-ring (bicyclic) bond motifs is 3. The molecular formula is C20H21N3O4. The minimum atomic E-state index is -0.366. The fourth-order valence-electron chi connectivity index (χ4n) is 4.12. The lowest BCUT2D eigenvalue weighted by Crippen LogP contribution is -2.18. The van der Waals surface area contributed by atoms with Crippen LogP contribution in [0, 0.1) is 0 Å². The first-order valence-electron chi connectivity index (χ1n) is 9.40. The molecule has 0 unspecified atom stereocenters. The van der Waals surface area contributed by atoms with Crippen molar-refractivity contribution in [3.8, 4) is 0 Å². The van der Waals surface area contributed by atoms with E-state index in [1.165, 1.54) is 7.11 Å². The lowest BCUT2D eigenvalue weighted by Gasteiger charge is -2.21. The highest BCUT2D eigenvalue weighted by atomic mass is 16.5. The van der Waals surface area contributed by atoms with Gasteiger partial charge in [0.2, 0.25) is 0 Å². The predicted octanol–water partition coefficient (Wildman–Crippen LogP) is 2.73. The summed E-state index contributed by atoms with van der Waals surface area (Å²) in [4.78, 5) is 32.4. The fraction of sp³-hybridized carbons (Fsp3) is 0.450. The molecule has 27 heavy (non-hydrogen) atoms. The molecule has 2 aromatic heterocycles. The summed E-state index contributed by atoms with van der Waals surface area (Å²) in [5.41, 5.74) is 3.38. The third-order valence-electron chi connectivity index (χ3n) is 5.69. The Hall–Kier alpha value is -2.67. The topological polar surface area (TPSA) is 85.7 Å². The Morgan fingerprint density at radius 3 is 2.67 bits per heavy atom. The molecule has 0 spiro atoms. The largest absolute Gasteiger partial charge is 0.465 e. The van der Waals surface area contributed by atoms with E-state index >= 15 is 0 Å². The molecule has 5 rings (SSSR count). The molecule has 2 aliphatic rings. The smallest absolute Gasteiger partial charge is 0.338 e. The second kappa shape index (κ2) is 6.20. The maximum absolute atomic E-state index is 12.6. The molecule has 0 radical (unpaired) electrons. The minimum Gasteiger partial charge on any atom is -0.465 e. The van der Waals surface area contributed by atoms with E-state index < -0.39 is 0 Å². The van der Waals surface area contributed by atoms with Gasteiger partial charge in [-0.05, 0) is 49.3 Å². The average molecular weight is 367 g/mol. The molecular weight excluding hydrogens is 346 g/mol. The van der Waals surface area contributed by atoms with Gasteiger partial charge in [0.15, 0.2) is 0 Å². The molecule has 1 saturated heterocycles. The van der Waals surface area contributed by atoms with Crippen LogP contribution in [0.3, 0.4) is 0 Å². The SMILES string of the molecule is COC(=O)c1cc2[nH]c(=O)c3cnc(C4CCOCC4)n3c2cc1C1CC1. The van der Waals surface area contributed by atoms with E-state index in [4.69, 9.17) is 9.47 Å². The van der Waals surface area contributed by atoms with Crippen LogP contribution in [0.2, 0.25) is 0 Å². The number of nitrogens with one attached hydrogen (secondary N) is 1. The Morgan fingerprint density at radius 2 is 1.96 bits per heavy atom. The van der Waals surface area contributed by atoms with Gasteiger partial charge in [0.25, 0.3) is 5.56 Å². The summed E-state index contributed by atoms with van der Waals surface area (Å²) in [7, 11) is 1.38. The molecule has 7 nitrogen and oxygen atoms in total. The molecule has 3 heterocycles. The van der Waals surface area contributed by atoms with Crippen molar-refractivity contribution in [1.82, 2.24) is 14.4 Å². The molecule has 3 aromatic rings. The lowest BCUT2D eigenvalue weighted by molar-refractivity contribution is 0.0599. The Morgan fingerprint density at radius 1 is 1.19 bits per heavy atom. The number of aromatic nitrogens is 3.